The van der Waals surface area contributed by atoms with Crippen LogP contribution in [0.15, 0.2) is 18.3 Å². The Morgan fingerprint density at radius 3 is 2.87 bits per heavy atom. The summed E-state index contributed by atoms with van der Waals surface area (Å²) in [6.45, 7) is 1.74. The van der Waals surface area contributed by atoms with Crippen LogP contribution in [0.5, 0.6) is 0 Å². The molecule has 0 bridgehead atoms. The summed E-state index contributed by atoms with van der Waals surface area (Å²) in [5, 5.41) is 17.0. The molecule has 0 atom stereocenters. The van der Waals surface area contributed by atoms with Gasteiger partial charge in [-0.15, -0.1) is 5.10 Å². The highest BCUT2D eigenvalue weighted by Crippen LogP contribution is 2.12. The molecule has 78 valence electrons. The van der Waals surface area contributed by atoms with Gasteiger partial charge in [-0.1, -0.05) is 5.21 Å². The number of aliphatic hydroxyl groups excluding tert-OH is 1. The van der Waals surface area contributed by atoms with Gasteiger partial charge >= 0.3 is 0 Å². The van der Waals surface area contributed by atoms with Crippen LogP contribution in [-0.4, -0.2) is 25.1 Å². The zero-order valence-electron chi connectivity index (χ0n) is 8.05. The second-order valence-electron chi connectivity index (χ2n) is 3.03. The Morgan fingerprint density at radius 2 is 2.27 bits per heavy atom. The Labute approximate surface area is 100 Å². The molecule has 0 aliphatic rings. The highest BCUT2D eigenvalue weighted by atomic mass is 127. The monoisotopic (exact) mass is 316 g/mol. The first-order valence-corrected chi connectivity index (χ1v) is 5.44. The van der Waals surface area contributed by atoms with E-state index in [1.807, 2.05) is 19.1 Å². The molecule has 15 heavy (non-hydrogen) atoms. The number of hydrogen-bond donors (Lipinski definition) is 1. The Balaban J connectivity index is 2.49. The molecule has 5 nitrogen and oxygen atoms in total. The maximum Gasteiger partial charge on any atom is 0.101 e. The molecule has 2 heterocycles. The minimum atomic E-state index is -0.0786. The Hall–Kier alpha value is -1.02. The molecule has 2 rings (SSSR count). The predicted molar refractivity (Wildman–Crippen MR) is 62.5 cm³/mol. The third-order valence-corrected chi connectivity index (χ3v) is 2.70. The van der Waals surface area contributed by atoms with E-state index in [1.165, 1.54) is 0 Å². The number of pyridine rings is 1. The first-order chi connectivity index (χ1) is 7.22. The van der Waals surface area contributed by atoms with Gasteiger partial charge in [0.15, 0.2) is 0 Å². The van der Waals surface area contributed by atoms with E-state index in [0.29, 0.717) is 5.69 Å². The van der Waals surface area contributed by atoms with Crippen molar-refractivity contribution < 1.29 is 5.11 Å². The third kappa shape index (κ3) is 2.00. The van der Waals surface area contributed by atoms with Crippen molar-refractivity contribution >= 4 is 22.6 Å². The molecule has 0 aromatic carbocycles. The number of halogens is 1. The van der Waals surface area contributed by atoms with Crippen molar-refractivity contribution in [2.75, 3.05) is 0 Å². The molecule has 6 heteroatoms. The van der Waals surface area contributed by atoms with Crippen molar-refractivity contribution in [3.05, 3.63) is 33.4 Å². The van der Waals surface area contributed by atoms with E-state index in [4.69, 9.17) is 0 Å². The number of aliphatic hydroxyl groups is 1. The summed E-state index contributed by atoms with van der Waals surface area (Å²) in [6.07, 6.45) is 1.70. The fourth-order valence-electron chi connectivity index (χ4n) is 1.26. The van der Waals surface area contributed by atoms with Crippen LogP contribution < -0.4 is 0 Å². The molecule has 0 radical (unpaired) electrons. The van der Waals surface area contributed by atoms with Gasteiger partial charge in [0.2, 0.25) is 0 Å². The maximum atomic E-state index is 9.18. The molecule has 0 saturated carbocycles. The topological polar surface area (TPSA) is 63.8 Å². The molecule has 1 N–H and O–H groups in total. The minimum absolute atomic E-state index is 0.0786. The van der Waals surface area contributed by atoms with E-state index >= 15 is 0 Å². The third-order valence-electron chi connectivity index (χ3n) is 2.06. The van der Waals surface area contributed by atoms with E-state index in [2.05, 4.69) is 37.9 Å². The smallest absolute Gasteiger partial charge is 0.101 e. The van der Waals surface area contributed by atoms with Crippen LogP contribution >= 0.6 is 22.6 Å². The van der Waals surface area contributed by atoms with Crippen molar-refractivity contribution in [1.29, 1.82) is 0 Å². The molecular formula is C9H9IN4O. The molecule has 0 amide bonds. The van der Waals surface area contributed by atoms with Gasteiger partial charge in [-0.2, -0.15) is 0 Å². The summed E-state index contributed by atoms with van der Waals surface area (Å²) in [7, 11) is 0. The molecule has 0 unspecified atom stereocenters. The first-order valence-electron chi connectivity index (χ1n) is 4.36. The Morgan fingerprint density at radius 1 is 1.47 bits per heavy atom. The summed E-state index contributed by atoms with van der Waals surface area (Å²) >= 11 is 2.13. The fraction of sp³-hybridized carbons (Fsp3) is 0.222. The van der Waals surface area contributed by atoms with Crippen LogP contribution in [0.2, 0.25) is 0 Å². The number of hydrogen-bond acceptors (Lipinski definition) is 4. The first kappa shape index (κ1) is 10.5. The Bertz CT molecular complexity index is 465. The molecule has 0 saturated heterocycles. The largest absolute Gasteiger partial charge is 0.390 e. The lowest BCUT2D eigenvalue weighted by molar-refractivity contribution is 0.272. The zero-order chi connectivity index (χ0) is 10.8. The standard InChI is InChI=1S/C9H9IN4O/c1-6-8(5-15)14(13-12-6)7-2-3-9(10)11-4-7/h2-4,15H,5H2,1H3. The molecule has 0 aliphatic carbocycles. The highest BCUT2D eigenvalue weighted by Gasteiger charge is 2.09. The van der Waals surface area contributed by atoms with Crippen molar-refractivity contribution in [2.24, 2.45) is 0 Å². The number of aromatic nitrogens is 4. The van der Waals surface area contributed by atoms with E-state index in [9.17, 15) is 5.11 Å². The van der Waals surface area contributed by atoms with Crippen molar-refractivity contribution in [3.63, 3.8) is 0 Å². The second kappa shape index (κ2) is 4.23. The number of aryl methyl sites for hydroxylation is 1. The normalized spacial score (nSPS) is 10.6. The van der Waals surface area contributed by atoms with E-state index in [-0.39, 0.29) is 6.61 Å². The van der Waals surface area contributed by atoms with Gasteiger partial charge in [0, 0.05) is 0 Å². The van der Waals surface area contributed by atoms with Gasteiger partial charge in [0.1, 0.15) is 3.70 Å². The van der Waals surface area contributed by atoms with Crippen molar-refractivity contribution in [2.45, 2.75) is 13.5 Å². The fourth-order valence-corrected chi connectivity index (χ4v) is 1.58. The summed E-state index contributed by atoms with van der Waals surface area (Å²) in [5.74, 6) is 0. The van der Waals surface area contributed by atoms with Crippen LogP contribution in [0.25, 0.3) is 5.69 Å². The van der Waals surface area contributed by atoms with E-state index in [0.717, 1.165) is 15.1 Å². The minimum Gasteiger partial charge on any atom is -0.390 e. The van der Waals surface area contributed by atoms with Crippen LogP contribution in [0.4, 0.5) is 0 Å². The Kier molecular flexibility index (Phi) is 2.96. The average molecular weight is 316 g/mol. The van der Waals surface area contributed by atoms with Crippen molar-refractivity contribution in [1.82, 2.24) is 20.0 Å². The second-order valence-corrected chi connectivity index (χ2v) is 4.14. The maximum absolute atomic E-state index is 9.18. The van der Waals surface area contributed by atoms with Crippen LogP contribution in [0.3, 0.4) is 0 Å². The average Bonchev–Trinajstić information content (AvgIpc) is 2.61. The summed E-state index contributed by atoms with van der Waals surface area (Å²) in [4.78, 5) is 4.16. The van der Waals surface area contributed by atoms with Crippen LogP contribution in [0, 0.1) is 10.6 Å². The summed E-state index contributed by atoms with van der Waals surface area (Å²) < 4.78 is 2.51. The SMILES string of the molecule is Cc1nnn(-c2ccc(I)nc2)c1CO. The molecule has 0 aliphatic heterocycles. The lowest BCUT2D eigenvalue weighted by Crippen LogP contribution is -2.03. The van der Waals surface area contributed by atoms with Crippen LogP contribution in [-0.2, 0) is 6.61 Å². The lowest BCUT2D eigenvalue weighted by atomic mass is 10.3. The molecule has 2 aromatic rings. The summed E-state index contributed by atoms with van der Waals surface area (Å²) in [5.41, 5.74) is 2.23. The van der Waals surface area contributed by atoms with Gasteiger partial charge in [0.25, 0.3) is 0 Å². The number of rotatable bonds is 2. The van der Waals surface area contributed by atoms with E-state index in [1.54, 1.807) is 10.9 Å². The van der Waals surface area contributed by atoms with Gasteiger partial charge in [0.05, 0.1) is 29.9 Å². The quantitative estimate of drug-likeness (QED) is 0.665. The van der Waals surface area contributed by atoms with Crippen molar-refractivity contribution in [3.8, 4) is 5.69 Å². The summed E-state index contributed by atoms with van der Waals surface area (Å²) in [6, 6.07) is 3.77. The van der Waals surface area contributed by atoms with E-state index < -0.39 is 0 Å². The zero-order valence-corrected chi connectivity index (χ0v) is 10.2. The molecule has 0 spiro atoms. The van der Waals surface area contributed by atoms with Gasteiger partial charge in [-0.05, 0) is 41.6 Å². The van der Waals surface area contributed by atoms with Crippen LogP contribution in [0.1, 0.15) is 11.4 Å². The van der Waals surface area contributed by atoms with Gasteiger partial charge in [-0.25, -0.2) is 9.67 Å². The predicted octanol–water partition coefficient (Wildman–Crippen LogP) is 1.07. The lowest BCUT2D eigenvalue weighted by Gasteiger charge is -2.03. The molecular weight excluding hydrogens is 307 g/mol. The van der Waals surface area contributed by atoms with Gasteiger partial charge in [-0.3, -0.25) is 0 Å². The number of nitrogens with zero attached hydrogens (tertiary/aromatic N) is 4. The molecule has 0 fully saturated rings. The highest BCUT2D eigenvalue weighted by molar-refractivity contribution is 14.1. The molecule has 2 aromatic heterocycles. The van der Waals surface area contributed by atoms with Gasteiger partial charge < -0.3 is 5.11 Å².